The summed E-state index contributed by atoms with van der Waals surface area (Å²) in [7, 11) is 0. The molecule has 3 heteroatoms. The van der Waals surface area contributed by atoms with E-state index in [0.29, 0.717) is 12.3 Å². The van der Waals surface area contributed by atoms with E-state index in [1.165, 1.54) is 0 Å². The van der Waals surface area contributed by atoms with Crippen molar-refractivity contribution in [3.8, 4) is 0 Å². The van der Waals surface area contributed by atoms with Gasteiger partial charge in [-0.25, -0.2) is 0 Å². The fraction of sp³-hybridized carbons (Fsp3) is 0.917. The summed E-state index contributed by atoms with van der Waals surface area (Å²) in [6.45, 7) is 8.25. The average Bonchev–Trinajstić information content (AvgIpc) is 2.40. The number of hydrogen-bond donors (Lipinski definition) is 1. The van der Waals surface area contributed by atoms with E-state index in [-0.39, 0.29) is 16.9 Å². The van der Waals surface area contributed by atoms with Crippen LogP contribution < -0.4 is 5.32 Å². The lowest BCUT2D eigenvalue weighted by molar-refractivity contribution is -0.120. The summed E-state index contributed by atoms with van der Waals surface area (Å²) in [5, 5.41) is 3.22. The van der Waals surface area contributed by atoms with E-state index in [2.05, 4.69) is 26.1 Å². The van der Waals surface area contributed by atoms with Crippen LogP contribution in [0.2, 0.25) is 0 Å². The molecule has 0 aromatic rings. The van der Waals surface area contributed by atoms with E-state index in [4.69, 9.17) is 4.74 Å². The lowest BCUT2D eigenvalue weighted by atomic mass is 9.62. The van der Waals surface area contributed by atoms with Gasteiger partial charge in [0.25, 0.3) is 0 Å². The highest BCUT2D eigenvalue weighted by atomic mass is 16.5. The molecular formula is C12H21NO2. The molecule has 3 nitrogen and oxygen atoms in total. The summed E-state index contributed by atoms with van der Waals surface area (Å²) >= 11 is 0. The van der Waals surface area contributed by atoms with Gasteiger partial charge >= 0.3 is 0 Å². The number of rotatable bonds is 1. The van der Waals surface area contributed by atoms with Crippen LogP contribution in [0.3, 0.4) is 0 Å². The number of ether oxygens (including phenoxy) is 1. The smallest absolute Gasteiger partial charge is 0.221 e. The van der Waals surface area contributed by atoms with E-state index < -0.39 is 0 Å². The van der Waals surface area contributed by atoms with Gasteiger partial charge in [0.15, 0.2) is 0 Å². The molecule has 1 amide bonds. The Morgan fingerprint density at radius 1 is 1.33 bits per heavy atom. The fourth-order valence-electron chi connectivity index (χ4n) is 3.13. The predicted octanol–water partition coefficient (Wildman–Crippen LogP) is 1.72. The van der Waals surface area contributed by atoms with Crippen LogP contribution in [-0.2, 0) is 9.53 Å². The van der Waals surface area contributed by atoms with Crippen molar-refractivity contribution in [2.24, 2.45) is 11.3 Å². The first-order chi connectivity index (χ1) is 7.00. The van der Waals surface area contributed by atoms with E-state index in [9.17, 15) is 4.79 Å². The summed E-state index contributed by atoms with van der Waals surface area (Å²) in [5.41, 5.74) is 0.0877. The number of carbonyl (C=O) groups excluding carboxylic acids is 1. The van der Waals surface area contributed by atoms with Crippen LogP contribution in [0.4, 0.5) is 0 Å². The highest BCUT2D eigenvalue weighted by Gasteiger charge is 2.56. The van der Waals surface area contributed by atoms with Gasteiger partial charge in [-0.15, -0.1) is 0 Å². The molecule has 2 fully saturated rings. The number of hydrogen-bond acceptors (Lipinski definition) is 2. The lowest BCUT2D eigenvalue weighted by Crippen LogP contribution is -2.56. The first-order valence-electron chi connectivity index (χ1n) is 5.89. The Bertz CT molecular complexity index is 269. The van der Waals surface area contributed by atoms with E-state index >= 15 is 0 Å². The molecule has 1 atom stereocenters. The maximum Gasteiger partial charge on any atom is 0.221 e. The molecule has 2 saturated heterocycles. The van der Waals surface area contributed by atoms with Crippen molar-refractivity contribution >= 4 is 5.91 Å². The number of carbonyl (C=O) groups is 1. The maximum atomic E-state index is 11.7. The van der Waals surface area contributed by atoms with Gasteiger partial charge in [0.05, 0.1) is 5.54 Å². The van der Waals surface area contributed by atoms with E-state index in [1.807, 2.05) is 0 Å². The molecular weight excluding hydrogens is 190 g/mol. The van der Waals surface area contributed by atoms with Crippen LogP contribution in [0.1, 0.15) is 40.0 Å². The minimum atomic E-state index is -0.00347. The van der Waals surface area contributed by atoms with Crippen LogP contribution >= 0.6 is 0 Å². The Kier molecular flexibility index (Phi) is 2.53. The number of amides is 1. The van der Waals surface area contributed by atoms with Crippen molar-refractivity contribution in [3.63, 3.8) is 0 Å². The topological polar surface area (TPSA) is 38.3 Å². The Morgan fingerprint density at radius 3 is 2.47 bits per heavy atom. The molecule has 15 heavy (non-hydrogen) atoms. The van der Waals surface area contributed by atoms with Crippen LogP contribution in [-0.4, -0.2) is 24.7 Å². The molecule has 2 heterocycles. The molecule has 0 bridgehead atoms. The van der Waals surface area contributed by atoms with Gasteiger partial charge in [-0.1, -0.05) is 20.8 Å². The quantitative estimate of drug-likeness (QED) is 0.717. The lowest BCUT2D eigenvalue weighted by Gasteiger charge is -2.47. The van der Waals surface area contributed by atoms with Crippen LogP contribution in [0.15, 0.2) is 0 Å². The zero-order valence-electron chi connectivity index (χ0n) is 9.93. The minimum absolute atomic E-state index is 0.00347. The fourth-order valence-corrected chi connectivity index (χ4v) is 3.13. The molecule has 2 aliphatic rings. The van der Waals surface area contributed by atoms with Gasteiger partial charge in [-0.2, -0.15) is 0 Å². The van der Waals surface area contributed by atoms with Crippen molar-refractivity contribution in [2.45, 2.75) is 45.6 Å². The average molecular weight is 211 g/mol. The highest BCUT2D eigenvalue weighted by Crippen LogP contribution is 2.50. The Labute approximate surface area is 91.6 Å². The van der Waals surface area contributed by atoms with Crippen molar-refractivity contribution in [1.29, 1.82) is 0 Å². The van der Waals surface area contributed by atoms with Gasteiger partial charge in [0.2, 0.25) is 5.91 Å². The van der Waals surface area contributed by atoms with Crippen molar-refractivity contribution in [2.75, 3.05) is 13.2 Å². The van der Waals surface area contributed by atoms with E-state index in [1.54, 1.807) is 0 Å². The predicted molar refractivity (Wildman–Crippen MR) is 58.5 cm³/mol. The third-order valence-corrected chi connectivity index (χ3v) is 4.62. The maximum absolute atomic E-state index is 11.7. The third kappa shape index (κ3) is 1.48. The first kappa shape index (κ1) is 10.9. The summed E-state index contributed by atoms with van der Waals surface area (Å²) in [5.74, 6) is 0.739. The Morgan fingerprint density at radius 2 is 1.93 bits per heavy atom. The molecule has 1 spiro atoms. The molecule has 0 aliphatic carbocycles. The van der Waals surface area contributed by atoms with Gasteiger partial charge in [0, 0.05) is 25.0 Å². The van der Waals surface area contributed by atoms with Gasteiger partial charge in [-0.3, -0.25) is 4.79 Å². The largest absolute Gasteiger partial charge is 0.381 e. The van der Waals surface area contributed by atoms with Gasteiger partial charge in [0.1, 0.15) is 0 Å². The standard InChI is InChI=1S/C12H21NO2/c1-9(2)11(3)8-10(14)13-12(11)4-6-15-7-5-12/h9H,4-8H2,1-3H3,(H,13,14). The van der Waals surface area contributed by atoms with E-state index in [0.717, 1.165) is 26.1 Å². The van der Waals surface area contributed by atoms with Crippen molar-refractivity contribution in [3.05, 3.63) is 0 Å². The molecule has 2 rings (SSSR count). The van der Waals surface area contributed by atoms with Crippen LogP contribution in [0.25, 0.3) is 0 Å². The van der Waals surface area contributed by atoms with Crippen molar-refractivity contribution < 1.29 is 9.53 Å². The summed E-state index contributed by atoms with van der Waals surface area (Å²) in [4.78, 5) is 11.7. The molecule has 2 aliphatic heterocycles. The highest BCUT2D eigenvalue weighted by molar-refractivity contribution is 5.81. The first-order valence-corrected chi connectivity index (χ1v) is 5.89. The molecule has 1 unspecified atom stereocenters. The van der Waals surface area contributed by atoms with Crippen LogP contribution in [0.5, 0.6) is 0 Å². The minimum Gasteiger partial charge on any atom is -0.381 e. The third-order valence-electron chi connectivity index (χ3n) is 4.62. The molecule has 0 aromatic heterocycles. The second-order valence-electron chi connectivity index (χ2n) is 5.49. The SMILES string of the molecule is CC(C)C1(C)CC(=O)NC12CCOCC2. The van der Waals surface area contributed by atoms with Crippen LogP contribution in [0, 0.1) is 11.3 Å². The molecule has 1 N–H and O–H groups in total. The normalized spacial score (nSPS) is 34.8. The molecule has 0 radical (unpaired) electrons. The molecule has 0 saturated carbocycles. The second-order valence-corrected chi connectivity index (χ2v) is 5.49. The summed E-state index contributed by atoms with van der Waals surface area (Å²) in [6.07, 6.45) is 2.60. The number of nitrogens with one attached hydrogen (secondary N) is 1. The van der Waals surface area contributed by atoms with Gasteiger partial charge in [-0.05, 0) is 18.8 Å². The Hall–Kier alpha value is -0.570. The zero-order valence-corrected chi connectivity index (χ0v) is 9.93. The summed E-state index contributed by atoms with van der Waals surface area (Å²) < 4.78 is 5.41. The van der Waals surface area contributed by atoms with Gasteiger partial charge < -0.3 is 10.1 Å². The second kappa shape index (κ2) is 3.48. The van der Waals surface area contributed by atoms with Crippen molar-refractivity contribution in [1.82, 2.24) is 5.32 Å². The Balaban J connectivity index is 2.31. The molecule has 0 aromatic carbocycles. The molecule has 86 valence electrons. The zero-order chi connectivity index (χ0) is 11.1. The monoisotopic (exact) mass is 211 g/mol. The summed E-state index contributed by atoms with van der Waals surface area (Å²) in [6, 6.07) is 0.